The van der Waals surface area contributed by atoms with Crippen molar-refractivity contribution in [2.24, 2.45) is 5.92 Å². The van der Waals surface area contributed by atoms with Crippen LogP contribution < -0.4 is 5.32 Å². The van der Waals surface area contributed by atoms with Crippen molar-refractivity contribution in [3.8, 4) is 0 Å². The Kier molecular flexibility index (Phi) is 3.84. The van der Waals surface area contributed by atoms with Gasteiger partial charge in [0.25, 0.3) is 0 Å². The Hall–Kier alpha value is -0.790. The van der Waals surface area contributed by atoms with Gasteiger partial charge in [0.05, 0.1) is 0 Å². The highest BCUT2D eigenvalue weighted by molar-refractivity contribution is 14.1. The summed E-state index contributed by atoms with van der Waals surface area (Å²) in [7, 11) is 0. The molecule has 2 rings (SSSR count). The van der Waals surface area contributed by atoms with E-state index in [2.05, 4.69) is 22.6 Å². The number of hydrogen-bond donors (Lipinski definition) is 1. The van der Waals surface area contributed by atoms with E-state index in [4.69, 9.17) is 0 Å². The molecule has 0 saturated heterocycles. The fourth-order valence-corrected chi connectivity index (χ4v) is 2.28. The first kappa shape index (κ1) is 13.6. The van der Waals surface area contributed by atoms with Crippen LogP contribution >= 0.6 is 22.6 Å². The van der Waals surface area contributed by atoms with Gasteiger partial charge in [-0.1, -0.05) is 12.1 Å². The number of rotatable bonds is 3. The van der Waals surface area contributed by atoms with Crippen LogP contribution in [0.1, 0.15) is 17.9 Å². The Balaban J connectivity index is 1.82. The van der Waals surface area contributed by atoms with Gasteiger partial charge in [-0.25, -0.2) is 0 Å². The van der Waals surface area contributed by atoms with Gasteiger partial charge in [-0.15, -0.1) is 0 Å². The number of benzene rings is 1. The number of alkyl halides is 3. The van der Waals surface area contributed by atoms with Gasteiger partial charge in [-0.2, -0.15) is 13.2 Å². The van der Waals surface area contributed by atoms with Gasteiger partial charge in [0.1, 0.15) is 0 Å². The fraction of sp³-hybridized carbons (Fsp3) is 0.417. The quantitative estimate of drug-likeness (QED) is 0.816. The van der Waals surface area contributed by atoms with Crippen LogP contribution in [0, 0.1) is 9.49 Å². The molecular formula is C12H11F3INO. The minimum atomic E-state index is -4.78. The van der Waals surface area contributed by atoms with Crippen molar-refractivity contribution >= 4 is 28.5 Å². The molecular weight excluding hydrogens is 358 g/mol. The van der Waals surface area contributed by atoms with Crippen LogP contribution in [0.4, 0.5) is 13.2 Å². The van der Waals surface area contributed by atoms with Crippen molar-refractivity contribution in [1.29, 1.82) is 0 Å². The number of amides is 1. The second-order valence-corrected chi connectivity index (χ2v) is 5.61. The molecule has 1 aromatic rings. The summed E-state index contributed by atoms with van der Waals surface area (Å²) in [5.41, 5.74) is 1.13. The second kappa shape index (κ2) is 5.07. The molecule has 98 valence electrons. The van der Waals surface area contributed by atoms with Crippen LogP contribution in [0.25, 0.3) is 0 Å². The maximum Gasteiger partial charge on any atom is 0.471 e. The Morgan fingerprint density at radius 3 is 2.50 bits per heavy atom. The number of carbonyl (C=O) groups excluding carboxylic acids is 1. The van der Waals surface area contributed by atoms with E-state index in [-0.39, 0.29) is 18.4 Å². The summed E-state index contributed by atoms with van der Waals surface area (Å²) >= 11 is 2.20. The zero-order valence-corrected chi connectivity index (χ0v) is 11.5. The second-order valence-electron chi connectivity index (χ2n) is 4.36. The maximum atomic E-state index is 12.0. The maximum absolute atomic E-state index is 12.0. The van der Waals surface area contributed by atoms with Crippen LogP contribution in [0.3, 0.4) is 0 Å². The fourth-order valence-electron chi connectivity index (χ4n) is 1.92. The molecule has 1 aliphatic carbocycles. The molecule has 1 N–H and O–H groups in total. The van der Waals surface area contributed by atoms with Crippen molar-refractivity contribution in [3.63, 3.8) is 0 Å². The third-order valence-corrected chi connectivity index (χ3v) is 3.72. The molecule has 1 aromatic carbocycles. The molecule has 2 unspecified atom stereocenters. The molecule has 18 heavy (non-hydrogen) atoms. The first-order chi connectivity index (χ1) is 8.38. The lowest BCUT2D eigenvalue weighted by Crippen LogP contribution is -2.37. The van der Waals surface area contributed by atoms with E-state index >= 15 is 0 Å². The minimum absolute atomic E-state index is 0.0923. The van der Waals surface area contributed by atoms with Gasteiger partial charge in [0, 0.05) is 10.1 Å². The molecule has 2 atom stereocenters. The molecule has 1 saturated carbocycles. The summed E-state index contributed by atoms with van der Waals surface area (Å²) in [6, 6.07) is 7.91. The van der Waals surface area contributed by atoms with E-state index < -0.39 is 12.1 Å². The van der Waals surface area contributed by atoms with E-state index in [0.29, 0.717) is 0 Å². The van der Waals surface area contributed by atoms with Crippen LogP contribution in [-0.2, 0) is 4.79 Å². The molecule has 0 bridgehead atoms. The van der Waals surface area contributed by atoms with Crippen LogP contribution in [-0.4, -0.2) is 18.6 Å². The van der Waals surface area contributed by atoms with Gasteiger partial charge in [0.15, 0.2) is 0 Å². The first-order valence-corrected chi connectivity index (χ1v) is 6.56. The van der Waals surface area contributed by atoms with E-state index in [0.717, 1.165) is 15.6 Å². The molecule has 2 nitrogen and oxygen atoms in total. The lowest BCUT2D eigenvalue weighted by atomic mass is 10.1. The monoisotopic (exact) mass is 369 g/mol. The highest BCUT2D eigenvalue weighted by Gasteiger charge is 2.42. The zero-order chi connectivity index (χ0) is 13.3. The number of hydrogen-bond acceptors (Lipinski definition) is 1. The largest absolute Gasteiger partial charge is 0.471 e. The van der Waals surface area contributed by atoms with Gasteiger partial charge in [-0.05, 0) is 58.5 Å². The van der Waals surface area contributed by atoms with Crippen LogP contribution in [0.15, 0.2) is 24.3 Å². The standard InChI is InChI=1S/C12H11F3INO/c13-12(14,15)11(18)17-6-8-5-10(8)7-1-3-9(16)4-2-7/h1-4,8,10H,5-6H2,(H,17,18). The summed E-state index contributed by atoms with van der Waals surface area (Å²) in [5, 5.41) is 1.93. The predicted octanol–water partition coefficient (Wildman–Crippen LogP) is 3.07. The summed E-state index contributed by atoms with van der Waals surface area (Å²) in [6.07, 6.45) is -3.95. The Labute approximate surface area is 116 Å². The molecule has 0 heterocycles. The van der Waals surface area contributed by atoms with Gasteiger partial charge < -0.3 is 5.32 Å². The molecule has 1 fully saturated rings. The van der Waals surface area contributed by atoms with Gasteiger partial charge in [0.2, 0.25) is 0 Å². The van der Waals surface area contributed by atoms with E-state index in [1.807, 2.05) is 29.6 Å². The minimum Gasteiger partial charge on any atom is -0.348 e. The van der Waals surface area contributed by atoms with Gasteiger partial charge in [-0.3, -0.25) is 4.79 Å². The lowest BCUT2D eigenvalue weighted by molar-refractivity contribution is -0.173. The smallest absolute Gasteiger partial charge is 0.348 e. The Morgan fingerprint density at radius 1 is 1.33 bits per heavy atom. The Morgan fingerprint density at radius 2 is 1.94 bits per heavy atom. The SMILES string of the molecule is O=C(NCC1CC1c1ccc(I)cc1)C(F)(F)F. The van der Waals surface area contributed by atoms with Crippen molar-refractivity contribution in [3.05, 3.63) is 33.4 Å². The summed E-state index contributed by atoms with van der Waals surface area (Å²) in [6.45, 7) is 0.0923. The van der Waals surface area contributed by atoms with Gasteiger partial charge >= 0.3 is 12.1 Å². The van der Waals surface area contributed by atoms with Crippen molar-refractivity contribution in [1.82, 2.24) is 5.32 Å². The van der Waals surface area contributed by atoms with Crippen LogP contribution in [0.5, 0.6) is 0 Å². The molecule has 1 amide bonds. The highest BCUT2D eigenvalue weighted by atomic mass is 127. The third kappa shape index (κ3) is 3.37. The molecule has 0 aromatic heterocycles. The average Bonchev–Trinajstić information content (AvgIpc) is 3.05. The topological polar surface area (TPSA) is 29.1 Å². The van der Waals surface area contributed by atoms with Crippen LogP contribution in [0.2, 0.25) is 0 Å². The highest BCUT2D eigenvalue weighted by Crippen LogP contribution is 2.47. The van der Waals surface area contributed by atoms with Crippen molar-refractivity contribution in [2.75, 3.05) is 6.54 Å². The van der Waals surface area contributed by atoms with E-state index in [9.17, 15) is 18.0 Å². The molecule has 6 heteroatoms. The predicted molar refractivity (Wildman–Crippen MR) is 69.1 cm³/mol. The normalized spacial score (nSPS) is 22.7. The number of nitrogens with one attached hydrogen (secondary N) is 1. The molecule has 1 aliphatic rings. The number of halogens is 4. The molecule has 0 aliphatic heterocycles. The van der Waals surface area contributed by atoms with E-state index in [1.54, 1.807) is 0 Å². The third-order valence-electron chi connectivity index (χ3n) is 3.00. The Bertz CT molecular complexity index is 444. The lowest BCUT2D eigenvalue weighted by Gasteiger charge is -2.07. The van der Waals surface area contributed by atoms with Crippen molar-refractivity contribution < 1.29 is 18.0 Å². The zero-order valence-electron chi connectivity index (χ0n) is 9.30. The summed E-state index contributed by atoms with van der Waals surface area (Å²) in [4.78, 5) is 10.6. The molecule has 0 spiro atoms. The van der Waals surface area contributed by atoms with Crippen molar-refractivity contribution in [2.45, 2.75) is 18.5 Å². The summed E-state index contributed by atoms with van der Waals surface area (Å²) in [5.74, 6) is -1.46. The number of carbonyl (C=O) groups is 1. The van der Waals surface area contributed by atoms with E-state index in [1.165, 1.54) is 0 Å². The average molecular weight is 369 g/mol. The first-order valence-electron chi connectivity index (χ1n) is 5.48. The summed E-state index contributed by atoms with van der Waals surface area (Å²) < 4.78 is 37.0. The molecule has 0 radical (unpaired) electrons.